The maximum Gasteiger partial charge on any atom is 0.329 e. The molecule has 6 nitrogen and oxygen atoms in total. The SMILES string of the molecule is O=C(N/N=C\c1c(O)ccc2ccccc12)C(=O)NC1CCCCCC1. The van der Waals surface area contributed by atoms with Crippen LogP contribution in [-0.4, -0.2) is 29.2 Å². The summed E-state index contributed by atoms with van der Waals surface area (Å²) in [6.45, 7) is 0. The van der Waals surface area contributed by atoms with Crippen LogP contribution < -0.4 is 10.7 Å². The van der Waals surface area contributed by atoms with Gasteiger partial charge in [0.1, 0.15) is 5.75 Å². The molecule has 0 heterocycles. The molecule has 26 heavy (non-hydrogen) atoms. The van der Waals surface area contributed by atoms with Crippen LogP contribution in [-0.2, 0) is 9.59 Å². The molecule has 0 radical (unpaired) electrons. The number of nitrogens with one attached hydrogen (secondary N) is 2. The third-order valence-corrected chi connectivity index (χ3v) is 4.70. The first-order valence-electron chi connectivity index (χ1n) is 9.00. The van der Waals surface area contributed by atoms with E-state index in [0.717, 1.165) is 36.5 Å². The van der Waals surface area contributed by atoms with E-state index < -0.39 is 11.8 Å². The van der Waals surface area contributed by atoms with Crippen molar-refractivity contribution in [3.05, 3.63) is 42.0 Å². The lowest BCUT2D eigenvalue weighted by atomic mass is 10.0. The second-order valence-electron chi connectivity index (χ2n) is 6.58. The molecule has 6 heteroatoms. The average molecular weight is 353 g/mol. The molecule has 0 bridgehead atoms. The van der Waals surface area contributed by atoms with Crippen LogP contribution in [0.25, 0.3) is 10.8 Å². The van der Waals surface area contributed by atoms with Gasteiger partial charge in [-0.25, -0.2) is 5.43 Å². The van der Waals surface area contributed by atoms with Crippen molar-refractivity contribution in [3.63, 3.8) is 0 Å². The number of nitrogens with zero attached hydrogens (tertiary/aromatic N) is 1. The molecule has 1 aliphatic rings. The Bertz CT molecular complexity index is 824. The number of carbonyl (C=O) groups excluding carboxylic acids is 2. The largest absolute Gasteiger partial charge is 0.507 e. The summed E-state index contributed by atoms with van der Waals surface area (Å²) in [5.41, 5.74) is 2.73. The molecule has 0 aliphatic heterocycles. The predicted octanol–water partition coefficient (Wildman–Crippen LogP) is 2.83. The number of aromatic hydroxyl groups is 1. The lowest BCUT2D eigenvalue weighted by molar-refractivity contribution is -0.139. The van der Waals surface area contributed by atoms with E-state index in [0.29, 0.717) is 5.56 Å². The fraction of sp³-hybridized carbons (Fsp3) is 0.350. The number of rotatable bonds is 3. The number of hydrogen-bond donors (Lipinski definition) is 3. The molecule has 136 valence electrons. The molecular weight excluding hydrogens is 330 g/mol. The van der Waals surface area contributed by atoms with E-state index in [1.165, 1.54) is 19.1 Å². The van der Waals surface area contributed by atoms with Gasteiger partial charge < -0.3 is 10.4 Å². The molecule has 0 atom stereocenters. The van der Waals surface area contributed by atoms with E-state index in [2.05, 4.69) is 15.8 Å². The van der Waals surface area contributed by atoms with Crippen molar-refractivity contribution >= 4 is 28.8 Å². The Morgan fingerprint density at radius 2 is 1.73 bits per heavy atom. The maximum atomic E-state index is 12.0. The summed E-state index contributed by atoms with van der Waals surface area (Å²) < 4.78 is 0. The van der Waals surface area contributed by atoms with Crippen LogP contribution >= 0.6 is 0 Å². The minimum absolute atomic E-state index is 0.0573. The number of hydrazone groups is 1. The van der Waals surface area contributed by atoms with Gasteiger partial charge in [-0.05, 0) is 29.7 Å². The standard InChI is InChI=1S/C20H23N3O3/c24-18-12-11-14-7-5-6-10-16(14)17(18)13-21-23-20(26)19(25)22-15-8-3-1-2-4-9-15/h5-7,10-13,15,24H,1-4,8-9H2,(H,22,25)(H,23,26)/b21-13-. The molecule has 2 amide bonds. The Kier molecular flexibility index (Phi) is 5.84. The Morgan fingerprint density at radius 1 is 1.00 bits per heavy atom. The summed E-state index contributed by atoms with van der Waals surface area (Å²) in [5.74, 6) is -1.41. The Balaban J connectivity index is 1.62. The molecule has 1 aliphatic carbocycles. The van der Waals surface area contributed by atoms with E-state index in [1.54, 1.807) is 12.1 Å². The Hall–Kier alpha value is -2.89. The fourth-order valence-corrected chi connectivity index (χ4v) is 3.30. The van der Waals surface area contributed by atoms with Crippen LogP contribution in [0.15, 0.2) is 41.5 Å². The smallest absolute Gasteiger partial charge is 0.329 e. The van der Waals surface area contributed by atoms with E-state index in [9.17, 15) is 14.7 Å². The van der Waals surface area contributed by atoms with Crippen LogP contribution in [0, 0.1) is 0 Å². The van der Waals surface area contributed by atoms with Gasteiger partial charge >= 0.3 is 11.8 Å². The van der Waals surface area contributed by atoms with Gasteiger partial charge in [0.25, 0.3) is 0 Å². The second-order valence-corrected chi connectivity index (χ2v) is 6.58. The zero-order chi connectivity index (χ0) is 18.4. The second kappa shape index (κ2) is 8.47. The van der Waals surface area contributed by atoms with Crippen LogP contribution in [0.1, 0.15) is 44.1 Å². The molecule has 2 aromatic carbocycles. The predicted molar refractivity (Wildman–Crippen MR) is 101 cm³/mol. The van der Waals surface area contributed by atoms with E-state index in [1.807, 2.05) is 24.3 Å². The summed E-state index contributed by atoms with van der Waals surface area (Å²) >= 11 is 0. The molecule has 3 rings (SSSR count). The number of fused-ring (bicyclic) bond motifs is 1. The highest BCUT2D eigenvalue weighted by Gasteiger charge is 2.19. The van der Waals surface area contributed by atoms with Crippen molar-refractivity contribution in [1.29, 1.82) is 0 Å². The van der Waals surface area contributed by atoms with Crippen molar-refractivity contribution < 1.29 is 14.7 Å². The van der Waals surface area contributed by atoms with Gasteiger partial charge in [-0.3, -0.25) is 9.59 Å². The molecule has 2 aromatic rings. The Morgan fingerprint density at radius 3 is 2.50 bits per heavy atom. The van der Waals surface area contributed by atoms with Crippen molar-refractivity contribution in [3.8, 4) is 5.75 Å². The third kappa shape index (κ3) is 4.39. The van der Waals surface area contributed by atoms with Gasteiger partial charge in [0, 0.05) is 11.6 Å². The van der Waals surface area contributed by atoms with Crippen molar-refractivity contribution in [1.82, 2.24) is 10.7 Å². The average Bonchev–Trinajstić information content (AvgIpc) is 2.92. The number of phenols is 1. The van der Waals surface area contributed by atoms with Gasteiger partial charge in [-0.1, -0.05) is 56.0 Å². The molecule has 1 saturated carbocycles. The number of amides is 2. The lowest BCUT2D eigenvalue weighted by Gasteiger charge is -2.15. The quantitative estimate of drug-likeness (QED) is 0.343. The number of carbonyl (C=O) groups is 2. The summed E-state index contributed by atoms with van der Waals surface area (Å²) in [6.07, 6.45) is 7.68. The summed E-state index contributed by atoms with van der Waals surface area (Å²) in [7, 11) is 0. The topological polar surface area (TPSA) is 90.8 Å². The summed E-state index contributed by atoms with van der Waals surface area (Å²) in [6, 6.07) is 11.0. The Labute approximate surface area is 152 Å². The first kappa shape index (κ1) is 17.9. The van der Waals surface area contributed by atoms with Crippen molar-refractivity contribution in [2.45, 2.75) is 44.6 Å². The third-order valence-electron chi connectivity index (χ3n) is 4.70. The monoisotopic (exact) mass is 353 g/mol. The number of benzene rings is 2. The van der Waals surface area contributed by atoms with Gasteiger partial charge in [0.15, 0.2) is 0 Å². The van der Waals surface area contributed by atoms with Crippen LogP contribution in [0.4, 0.5) is 0 Å². The maximum absolute atomic E-state index is 12.0. The van der Waals surface area contributed by atoms with E-state index >= 15 is 0 Å². The molecule has 0 aromatic heterocycles. The zero-order valence-electron chi connectivity index (χ0n) is 14.6. The van der Waals surface area contributed by atoms with Gasteiger partial charge in [-0.2, -0.15) is 5.10 Å². The minimum Gasteiger partial charge on any atom is -0.507 e. The first-order valence-corrected chi connectivity index (χ1v) is 9.00. The summed E-state index contributed by atoms with van der Waals surface area (Å²) in [5, 5.41) is 18.4. The fourth-order valence-electron chi connectivity index (χ4n) is 3.30. The molecule has 1 fully saturated rings. The minimum atomic E-state index is -0.801. The highest BCUT2D eigenvalue weighted by molar-refractivity contribution is 6.35. The van der Waals surface area contributed by atoms with E-state index in [4.69, 9.17) is 0 Å². The van der Waals surface area contributed by atoms with Crippen LogP contribution in [0.5, 0.6) is 5.75 Å². The summed E-state index contributed by atoms with van der Waals surface area (Å²) in [4.78, 5) is 23.9. The van der Waals surface area contributed by atoms with Crippen LogP contribution in [0.2, 0.25) is 0 Å². The lowest BCUT2D eigenvalue weighted by Crippen LogP contribution is -2.43. The molecule has 0 saturated heterocycles. The number of hydrogen-bond acceptors (Lipinski definition) is 4. The van der Waals surface area contributed by atoms with E-state index in [-0.39, 0.29) is 11.8 Å². The van der Waals surface area contributed by atoms with Gasteiger partial charge in [0.2, 0.25) is 0 Å². The van der Waals surface area contributed by atoms with Crippen LogP contribution in [0.3, 0.4) is 0 Å². The van der Waals surface area contributed by atoms with Crippen molar-refractivity contribution in [2.24, 2.45) is 5.10 Å². The first-order chi connectivity index (χ1) is 12.6. The van der Waals surface area contributed by atoms with Crippen molar-refractivity contribution in [2.75, 3.05) is 0 Å². The molecule has 0 unspecified atom stereocenters. The number of phenolic OH excluding ortho intramolecular Hbond substituents is 1. The van der Waals surface area contributed by atoms with Gasteiger partial charge in [-0.15, -0.1) is 0 Å². The highest BCUT2D eigenvalue weighted by atomic mass is 16.3. The highest BCUT2D eigenvalue weighted by Crippen LogP contribution is 2.25. The normalized spacial score (nSPS) is 15.7. The molecular formula is C20H23N3O3. The molecule has 0 spiro atoms. The zero-order valence-corrected chi connectivity index (χ0v) is 14.6. The molecule has 3 N–H and O–H groups in total. The van der Waals surface area contributed by atoms with Gasteiger partial charge in [0.05, 0.1) is 6.21 Å².